The summed E-state index contributed by atoms with van der Waals surface area (Å²) in [5, 5.41) is 19.7. The molecule has 20 heavy (non-hydrogen) atoms. The molecular weight excluding hydrogens is 274 g/mol. The fourth-order valence-corrected chi connectivity index (χ4v) is 3.25. The van der Waals surface area contributed by atoms with Crippen LogP contribution in [0.4, 0.5) is 0 Å². The molecule has 0 radical (unpaired) electrons. The van der Waals surface area contributed by atoms with E-state index >= 15 is 0 Å². The summed E-state index contributed by atoms with van der Waals surface area (Å²) < 4.78 is 0. The lowest BCUT2D eigenvalue weighted by atomic mass is 10.0. The van der Waals surface area contributed by atoms with E-state index in [4.69, 9.17) is 0 Å². The monoisotopic (exact) mass is 299 g/mol. The second-order valence-electron chi connectivity index (χ2n) is 6.21. The van der Waals surface area contributed by atoms with E-state index < -0.39 is 11.7 Å². The predicted octanol–water partition coefficient (Wildman–Crippen LogP) is 0.783. The van der Waals surface area contributed by atoms with Gasteiger partial charge in [-0.1, -0.05) is 0 Å². The maximum atomic E-state index is 9.99. The van der Waals surface area contributed by atoms with Gasteiger partial charge in [0.2, 0.25) is 0 Å². The van der Waals surface area contributed by atoms with Gasteiger partial charge in [-0.15, -0.1) is 11.3 Å². The van der Waals surface area contributed by atoms with Gasteiger partial charge in [-0.25, -0.2) is 0 Å². The number of β-amino-alcohol motifs (C(OH)–C–C–N with tert-alkyl or cyclic N) is 1. The van der Waals surface area contributed by atoms with Crippen LogP contribution in [0.5, 0.6) is 0 Å². The third-order valence-electron chi connectivity index (χ3n) is 3.53. The molecule has 114 valence electrons. The summed E-state index contributed by atoms with van der Waals surface area (Å²) in [4.78, 5) is 10.1. The first kappa shape index (κ1) is 15.9. The minimum absolute atomic E-state index is 0.425. The third-order valence-corrected chi connectivity index (χ3v) is 4.30. The van der Waals surface area contributed by atoms with Gasteiger partial charge in [0.1, 0.15) is 0 Å². The zero-order valence-electron chi connectivity index (χ0n) is 12.3. The highest BCUT2D eigenvalue weighted by Gasteiger charge is 2.23. The van der Waals surface area contributed by atoms with E-state index in [1.165, 1.54) is 4.88 Å². The van der Waals surface area contributed by atoms with E-state index in [0.29, 0.717) is 13.0 Å². The second-order valence-corrected chi connectivity index (χ2v) is 7.19. The quantitative estimate of drug-likeness (QED) is 0.813. The average Bonchev–Trinajstić information content (AvgIpc) is 2.82. The molecule has 0 aliphatic carbocycles. The minimum atomic E-state index is -0.798. The van der Waals surface area contributed by atoms with Gasteiger partial charge in [-0.3, -0.25) is 14.8 Å². The first-order valence-electron chi connectivity index (χ1n) is 7.15. The summed E-state index contributed by atoms with van der Waals surface area (Å²) >= 11 is 1.70. The molecule has 1 aromatic rings. The summed E-state index contributed by atoms with van der Waals surface area (Å²) in [6.07, 6.45) is 1.90. The third kappa shape index (κ3) is 5.46. The van der Waals surface area contributed by atoms with Crippen LogP contribution in [-0.2, 0) is 6.54 Å². The highest BCUT2D eigenvalue weighted by atomic mass is 32.1. The molecule has 1 atom stereocenters. The van der Waals surface area contributed by atoms with Crippen molar-refractivity contribution < 1.29 is 10.2 Å². The van der Waals surface area contributed by atoms with Gasteiger partial charge in [0.15, 0.2) is 0 Å². The van der Waals surface area contributed by atoms with E-state index in [0.717, 1.165) is 32.7 Å². The van der Waals surface area contributed by atoms with E-state index in [2.05, 4.69) is 14.8 Å². The lowest BCUT2D eigenvalue weighted by Crippen LogP contribution is -2.48. The first-order chi connectivity index (χ1) is 9.42. The maximum absolute atomic E-state index is 9.99. The molecule has 1 aliphatic rings. The highest BCUT2D eigenvalue weighted by molar-refractivity contribution is 7.09. The SMILES string of the molecule is CC(C)(O)CC(O)CN1CCN(Cc2cncs2)CC1. The van der Waals surface area contributed by atoms with Crippen molar-refractivity contribution in [3.8, 4) is 0 Å². The van der Waals surface area contributed by atoms with E-state index in [1.54, 1.807) is 25.2 Å². The topological polar surface area (TPSA) is 59.8 Å². The molecule has 1 fully saturated rings. The Morgan fingerprint density at radius 2 is 1.95 bits per heavy atom. The standard InChI is InChI=1S/C14H25N3O2S/c1-14(2,19)7-12(18)9-16-3-5-17(6-4-16)10-13-8-15-11-20-13/h8,11-12,18-19H,3-7,9-10H2,1-2H3. The van der Waals surface area contributed by atoms with Crippen LogP contribution >= 0.6 is 11.3 Å². The molecule has 1 aliphatic heterocycles. The van der Waals surface area contributed by atoms with Gasteiger partial charge in [-0.05, 0) is 13.8 Å². The van der Waals surface area contributed by atoms with Crippen LogP contribution in [-0.4, -0.2) is 69.4 Å². The molecule has 0 amide bonds. The number of piperazine rings is 1. The Labute approximate surface area is 124 Å². The van der Waals surface area contributed by atoms with Crippen LogP contribution in [0.3, 0.4) is 0 Å². The van der Waals surface area contributed by atoms with Gasteiger partial charge in [0.05, 0.1) is 17.2 Å². The lowest BCUT2D eigenvalue weighted by molar-refractivity contribution is -0.00144. The van der Waals surface area contributed by atoms with Crippen molar-refractivity contribution >= 4 is 11.3 Å². The van der Waals surface area contributed by atoms with Crippen molar-refractivity contribution in [2.75, 3.05) is 32.7 Å². The Hall–Kier alpha value is -0.530. The summed E-state index contributed by atoms with van der Waals surface area (Å²) in [5.74, 6) is 0. The Balaban J connectivity index is 1.69. The number of nitrogens with zero attached hydrogens (tertiary/aromatic N) is 3. The first-order valence-corrected chi connectivity index (χ1v) is 8.03. The Kier molecular flexibility index (Phi) is 5.51. The molecule has 2 rings (SSSR count). The zero-order chi connectivity index (χ0) is 14.6. The molecule has 0 aromatic carbocycles. The van der Waals surface area contributed by atoms with Gasteiger partial charge in [0.25, 0.3) is 0 Å². The minimum Gasteiger partial charge on any atom is -0.392 e. The summed E-state index contributed by atoms with van der Waals surface area (Å²) in [6, 6.07) is 0. The number of rotatable bonds is 6. The fraction of sp³-hybridized carbons (Fsp3) is 0.786. The molecular formula is C14H25N3O2S. The van der Waals surface area contributed by atoms with Crippen molar-refractivity contribution in [1.82, 2.24) is 14.8 Å². The zero-order valence-corrected chi connectivity index (χ0v) is 13.1. The molecule has 0 spiro atoms. The number of aliphatic hydroxyl groups is 2. The number of aromatic nitrogens is 1. The summed E-state index contributed by atoms with van der Waals surface area (Å²) in [7, 11) is 0. The van der Waals surface area contributed by atoms with Crippen LogP contribution < -0.4 is 0 Å². The van der Waals surface area contributed by atoms with Crippen molar-refractivity contribution in [2.24, 2.45) is 0 Å². The lowest BCUT2D eigenvalue weighted by Gasteiger charge is -2.36. The average molecular weight is 299 g/mol. The normalized spacial score (nSPS) is 20.2. The van der Waals surface area contributed by atoms with Gasteiger partial charge >= 0.3 is 0 Å². The van der Waals surface area contributed by atoms with Gasteiger partial charge in [-0.2, -0.15) is 0 Å². The van der Waals surface area contributed by atoms with Gasteiger partial charge < -0.3 is 10.2 Å². The highest BCUT2D eigenvalue weighted by Crippen LogP contribution is 2.14. The van der Waals surface area contributed by atoms with Crippen molar-refractivity contribution in [3.63, 3.8) is 0 Å². The van der Waals surface area contributed by atoms with Crippen LogP contribution in [0.25, 0.3) is 0 Å². The van der Waals surface area contributed by atoms with Crippen LogP contribution in [0, 0.1) is 0 Å². The molecule has 1 saturated heterocycles. The van der Waals surface area contributed by atoms with Crippen molar-refractivity contribution in [3.05, 3.63) is 16.6 Å². The number of aliphatic hydroxyl groups excluding tert-OH is 1. The van der Waals surface area contributed by atoms with Gasteiger partial charge in [0, 0.05) is 56.8 Å². The predicted molar refractivity (Wildman–Crippen MR) is 80.8 cm³/mol. The molecule has 2 heterocycles. The van der Waals surface area contributed by atoms with E-state index in [9.17, 15) is 10.2 Å². The van der Waals surface area contributed by atoms with Crippen molar-refractivity contribution in [2.45, 2.75) is 38.5 Å². The molecule has 1 aromatic heterocycles. The van der Waals surface area contributed by atoms with Crippen LogP contribution in [0.15, 0.2) is 11.7 Å². The van der Waals surface area contributed by atoms with E-state index in [-0.39, 0.29) is 0 Å². The molecule has 0 saturated carbocycles. The molecule has 6 heteroatoms. The molecule has 0 bridgehead atoms. The largest absolute Gasteiger partial charge is 0.392 e. The summed E-state index contributed by atoms with van der Waals surface area (Å²) in [6.45, 7) is 9.10. The Bertz CT molecular complexity index is 384. The van der Waals surface area contributed by atoms with Crippen molar-refractivity contribution in [1.29, 1.82) is 0 Å². The second kappa shape index (κ2) is 6.95. The number of hydrogen-bond donors (Lipinski definition) is 2. The number of thiazole rings is 1. The Morgan fingerprint density at radius 1 is 1.30 bits per heavy atom. The fourth-order valence-electron chi connectivity index (χ4n) is 2.61. The molecule has 5 nitrogen and oxygen atoms in total. The number of hydrogen-bond acceptors (Lipinski definition) is 6. The Morgan fingerprint density at radius 3 is 2.50 bits per heavy atom. The molecule has 1 unspecified atom stereocenters. The molecule has 2 N–H and O–H groups in total. The maximum Gasteiger partial charge on any atom is 0.0794 e. The van der Waals surface area contributed by atoms with E-state index in [1.807, 2.05) is 11.7 Å². The summed E-state index contributed by atoms with van der Waals surface area (Å²) in [5.41, 5.74) is 1.08. The van der Waals surface area contributed by atoms with Crippen LogP contribution in [0.2, 0.25) is 0 Å². The van der Waals surface area contributed by atoms with Crippen LogP contribution in [0.1, 0.15) is 25.1 Å². The smallest absolute Gasteiger partial charge is 0.0794 e.